The zero-order chi connectivity index (χ0) is 35.1. The number of likely N-dealkylation sites (N-methyl/N-ethyl adjacent to an activating group) is 1. The topological polar surface area (TPSA) is 186 Å². The van der Waals surface area contributed by atoms with Gasteiger partial charge in [-0.05, 0) is 57.4 Å². The van der Waals surface area contributed by atoms with Gasteiger partial charge >= 0.3 is 0 Å². The summed E-state index contributed by atoms with van der Waals surface area (Å²) >= 11 is 0. The molecule has 2 rings (SSSR count). The predicted octanol–water partition coefficient (Wildman–Crippen LogP) is 1.02. The largest absolute Gasteiger partial charge is 0.391 e. The third-order valence-electron chi connectivity index (χ3n) is 9.50. The van der Waals surface area contributed by atoms with E-state index in [2.05, 4.69) is 40.0 Å². The van der Waals surface area contributed by atoms with Gasteiger partial charge in [-0.25, -0.2) is 0 Å². The van der Waals surface area contributed by atoms with Crippen LogP contribution in [0.1, 0.15) is 105 Å². The van der Waals surface area contributed by atoms with E-state index in [1.807, 2.05) is 13.8 Å². The van der Waals surface area contributed by atoms with E-state index in [-0.39, 0.29) is 30.8 Å². The van der Waals surface area contributed by atoms with Gasteiger partial charge in [0.2, 0.25) is 29.5 Å². The van der Waals surface area contributed by atoms with Crippen molar-refractivity contribution in [3.63, 3.8) is 0 Å². The molecule has 1 aliphatic heterocycles. The molecular formula is C34H63N7O6. The van der Waals surface area contributed by atoms with Gasteiger partial charge < -0.3 is 37.0 Å². The SMILES string of the molecule is CCCC[C@H]1C(=O)N(C)[C@@H](CC(C)C)C(=O)NC(C2CCCCC2)C(=O)N[C@@H](CN)C(=O)N[C@@H]([C@H](C)O)C(=O)NCCN1CCCC. The smallest absolute Gasteiger partial charge is 0.245 e. The highest BCUT2D eigenvalue weighted by molar-refractivity contribution is 5.96. The van der Waals surface area contributed by atoms with Crippen molar-refractivity contribution >= 4 is 29.5 Å². The van der Waals surface area contributed by atoms with Crippen LogP contribution in [0.25, 0.3) is 0 Å². The van der Waals surface area contributed by atoms with Gasteiger partial charge in [-0.2, -0.15) is 0 Å². The number of hydrogen-bond donors (Lipinski definition) is 6. The Morgan fingerprint density at radius 1 is 0.851 bits per heavy atom. The number of rotatable bonds is 11. The summed E-state index contributed by atoms with van der Waals surface area (Å²) in [5, 5.41) is 21.5. The van der Waals surface area contributed by atoms with E-state index in [4.69, 9.17) is 5.73 Å². The predicted molar refractivity (Wildman–Crippen MR) is 182 cm³/mol. The maximum atomic E-state index is 14.4. The maximum absolute atomic E-state index is 14.4. The van der Waals surface area contributed by atoms with E-state index in [1.165, 1.54) is 6.92 Å². The van der Waals surface area contributed by atoms with Gasteiger partial charge in [-0.1, -0.05) is 66.2 Å². The van der Waals surface area contributed by atoms with Gasteiger partial charge in [0.1, 0.15) is 24.2 Å². The zero-order valence-corrected chi connectivity index (χ0v) is 29.7. The number of carbonyl (C=O) groups excluding carboxylic acids is 5. The molecule has 1 saturated carbocycles. The molecule has 2 fully saturated rings. The lowest BCUT2D eigenvalue weighted by atomic mass is 9.83. The molecule has 0 aromatic heterocycles. The Bertz CT molecular complexity index is 1020. The second-order valence-corrected chi connectivity index (χ2v) is 13.8. The van der Waals surface area contributed by atoms with Gasteiger partial charge in [-0.3, -0.25) is 28.9 Å². The van der Waals surface area contributed by atoms with E-state index in [0.29, 0.717) is 25.9 Å². The Balaban J connectivity index is 2.61. The van der Waals surface area contributed by atoms with E-state index in [0.717, 1.165) is 57.8 Å². The highest BCUT2D eigenvalue weighted by Crippen LogP contribution is 2.27. The van der Waals surface area contributed by atoms with Crippen molar-refractivity contribution in [2.75, 3.05) is 33.2 Å². The first-order valence-corrected chi connectivity index (χ1v) is 17.9. The number of nitrogens with two attached hydrogens (primary N) is 1. The minimum Gasteiger partial charge on any atom is -0.391 e. The molecular weight excluding hydrogens is 602 g/mol. The lowest BCUT2D eigenvalue weighted by Crippen LogP contribution is -2.63. The number of carbonyl (C=O) groups is 5. The Morgan fingerprint density at radius 3 is 2.09 bits per heavy atom. The van der Waals surface area contributed by atoms with Crippen LogP contribution in [-0.4, -0.2) is 114 Å². The Labute approximate surface area is 281 Å². The first-order valence-electron chi connectivity index (χ1n) is 17.9. The van der Waals surface area contributed by atoms with E-state index in [1.54, 1.807) is 11.9 Å². The van der Waals surface area contributed by atoms with Crippen LogP contribution in [0.3, 0.4) is 0 Å². The molecule has 47 heavy (non-hydrogen) atoms. The molecule has 1 heterocycles. The third kappa shape index (κ3) is 12.3. The number of aliphatic hydroxyl groups excluding tert-OH is 1. The third-order valence-corrected chi connectivity index (χ3v) is 9.50. The van der Waals surface area contributed by atoms with Gasteiger partial charge in [0.25, 0.3) is 0 Å². The maximum Gasteiger partial charge on any atom is 0.245 e. The molecule has 270 valence electrons. The van der Waals surface area contributed by atoms with Crippen LogP contribution in [0.5, 0.6) is 0 Å². The van der Waals surface area contributed by atoms with Crippen molar-refractivity contribution in [3.05, 3.63) is 0 Å². The number of nitrogens with zero attached hydrogens (tertiary/aromatic N) is 2. The van der Waals surface area contributed by atoms with Gasteiger partial charge in [0.05, 0.1) is 12.1 Å². The number of nitrogens with one attached hydrogen (secondary N) is 4. The summed E-state index contributed by atoms with van der Waals surface area (Å²) in [6.45, 7) is 10.5. The summed E-state index contributed by atoms with van der Waals surface area (Å²) in [5.41, 5.74) is 5.92. The lowest BCUT2D eigenvalue weighted by Gasteiger charge is -2.38. The standard InChI is InChI=1S/C34H63N7O6/c1-7-9-16-26-34(47)40(6)27(20-22(3)4)31(44)39-29(24-14-12-11-13-15-24)33(46)37-25(21-35)30(43)38-28(23(5)42)32(45)36-17-19-41(26)18-10-8-2/h22-29,42H,7-21,35H2,1-6H3,(H,36,45)(H,37,46)(H,38,43)(H,39,44)/t23-,25-,26-,27-,28-,29?/m0/s1. The fourth-order valence-electron chi connectivity index (χ4n) is 6.62. The van der Waals surface area contributed by atoms with Crippen molar-refractivity contribution in [3.8, 4) is 0 Å². The summed E-state index contributed by atoms with van der Waals surface area (Å²) in [5.74, 6) is -2.45. The molecule has 7 N–H and O–H groups in total. The van der Waals surface area contributed by atoms with E-state index in [9.17, 15) is 29.1 Å². The minimum atomic E-state index is -1.29. The average molecular weight is 666 g/mol. The Morgan fingerprint density at radius 2 is 1.51 bits per heavy atom. The fourth-order valence-corrected chi connectivity index (χ4v) is 6.62. The highest BCUT2D eigenvalue weighted by atomic mass is 16.3. The average Bonchev–Trinajstić information content (AvgIpc) is 3.04. The number of amides is 5. The van der Waals surface area contributed by atoms with Crippen LogP contribution in [-0.2, 0) is 24.0 Å². The van der Waals surface area contributed by atoms with Crippen LogP contribution in [0, 0.1) is 11.8 Å². The molecule has 13 nitrogen and oxygen atoms in total. The molecule has 1 saturated heterocycles. The van der Waals surface area contributed by atoms with Gasteiger partial charge in [0, 0.05) is 26.7 Å². The van der Waals surface area contributed by atoms with Crippen molar-refractivity contribution in [2.45, 2.75) is 142 Å². The summed E-state index contributed by atoms with van der Waals surface area (Å²) in [6, 6.07) is -4.74. The lowest BCUT2D eigenvalue weighted by molar-refractivity contribution is -0.145. The summed E-state index contributed by atoms with van der Waals surface area (Å²) in [7, 11) is 1.67. The van der Waals surface area contributed by atoms with E-state index < -0.39 is 59.9 Å². The molecule has 1 aliphatic carbocycles. The molecule has 6 atom stereocenters. The normalized spacial score (nSPS) is 27.8. The zero-order valence-electron chi connectivity index (χ0n) is 29.7. The quantitative estimate of drug-likeness (QED) is 0.189. The molecule has 0 radical (unpaired) electrons. The van der Waals surface area contributed by atoms with Crippen LogP contribution >= 0.6 is 0 Å². The molecule has 1 unspecified atom stereocenters. The van der Waals surface area contributed by atoms with Gasteiger partial charge in [-0.15, -0.1) is 0 Å². The van der Waals surface area contributed by atoms with Crippen molar-refractivity contribution in [1.82, 2.24) is 31.1 Å². The Kier molecular flexibility index (Phi) is 17.7. The monoisotopic (exact) mass is 665 g/mol. The van der Waals surface area contributed by atoms with E-state index >= 15 is 0 Å². The van der Waals surface area contributed by atoms with Gasteiger partial charge in [0.15, 0.2) is 0 Å². The summed E-state index contributed by atoms with van der Waals surface area (Å²) < 4.78 is 0. The second kappa shape index (κ2) is 20.6. The first-order chi connectivity index (χ1) is 22.4. The molecule has 2 aliphatic rings. The molecule has 0 bridgehead atoms. The molecule has 0 aromatic carbocycles. The summed E-state index contributed by atoms with van der Waals surface area (Å²) in [4.78, 5) is 72.6. The van der Waals surface area contributed by atoms with Crippen molar-refractivity contribution in [2.24, 2.45) is 17.6 Å². The van der Waals surface area contributed by atoms with Crippen LogP contribution < -0.4 is 27.0 Å². The molecule has 0 aromatic rings. The molecule has 13 heteroatoms. The number of unbranched alkanes of at least 4 members (excludes halogenated alkanes) is 2. The molecule has 0 spiro atoms. The van der Waals surface area contributed by atoms with Crippen LogP contribution in [0.4, 0.5) is 0 Å². The second-order valence-electron chi connectivity index (χ2n) is 13.8. The van der Waals surface area contributed by atoms with Crippen LogP contribution in [0.15, 0.2) is 0 Å². The Hall–Kier alpha value is -2.77. The molecule has 5 amide bonds. The highest BCUT2D eigenvalue weighted by Gasteiger charge is 2.39. The fraction of sp³-hybridized carbons (Fsp3) is 0.853. The first kappa shape index (κ1) is 40.4. The number of hydrogen-bond acceptors (Lipinski definition) is 8. The summed E-state index contributed by atoms with van der Waals surface area (Å²) in [6.07, 6.45) is 7.55. The van der Waals surface area contributed by atoms with Crippen molar-refractivity contribution in [1.29, 1.82) is 0 Å². The minimum absolute atomic E-state index is 0.0912. The van der Waals surface area contributed by atoms with Crippen molar-refractivity contribution < 1.29 is 29.1 Å². The number of aliphatic hydroxyl groups is 1. The van der Waals surface area contributed by atoms with Crippen LogP contribution in [0.2, 0.25) is 0 Å².